The standard InChI is InChI=1S/C14H18N2O3/c1-2-3-4-8-13(17)16-12-7-5-6-11(15-12)9-10-14(18)19/h5-7,9-10H,2-4,8H2,1H3,(H,18,19)(H,15,16,17)/b10-9+. The zero-order chi connectivity index (χ0) is 14.1. The molecule has 0 radical (unpaired) electrons. The van der Waals surface area contributed by atoms with Gasteiger partial charge in [-0.05, 0) is 24.6 Å². The van der Waals surface area contributed by atoms with Gasteiger partial charge in [0.25, 0.3) is 0 Å². The molecule has 0 aliphatic heterocycles. The normalized spacial score (nSPS) is 10.6. The first-order valence-corrected chi connectivity index (χ1v) is 6.29. The van der Waals surface area contributed by atoms with Gasteiger partial charge in [0.1, 0.15) is 5.82 Å². The van der Waals surface area contributed by atoms with E-state index in [4.69, 9.17) is 5.11 Å². The number of carbonyl (C=O) groups is 2. The number of nitrogens with zero attached hydrogens (tertiary/aromatic N) is 1. The Morgan fingerprint density at radius 1 is 1.37 bits per heavy atom. The van der Waals surface area contributed by atoms with E-state index in [1.807, 2.05) is 0 Å². The van der Waals surface area contributed by atoms with E-state index in [9.17, 15) is 9.59 Å². The van der Waals surface area contributed by atoms with Crippen molar-refractivity contribution < 1.29 is 14.7 Å². The lowest BCUT2D eigenvalue weighted by atomic mass is 10.2. The predicted molar refractivity (Wildman–Crippen MR) is 73.7 cm³/mol. The lowest BCUT2D eigenvalue weighted by Gasteiger charge is -2.04. The topological polar surface area (TPSA) is 79.3 Å². The molecule has 102 valence electrons. The average molecular weight is 262 g/mol. The number of aromatic nitrogens is 1. The fourth-order valence-electron chi connectivity index (χ4n) is 1.51. The maximum Gasteiger partial charge on any atom is 0.328 e. The number of hydrogen-bond acceptors (Lipinski definition) is 3. The highest BCUT2D eigenvalue weighted by Crippen LogP contribution is 2.08. The number of carboxylic acids is 1. The Hall–Kier alpha value is -2.17. The van der Waals surface area contributed by atoms with Crippen LogP contribution in [0.4, 0.5) is 5.82 Å². The molecule has 0 fully saturated rings. The molecular weight excluding hydrogens is 244 g/mol. The number of anilines is 1. The molecule has 0 bridgehead atoms. The minimum absolute atomic E-state index is 0.0692. The smallest absolute Gasteiger partial charge is 0.328 e. The van der Waals surface area contributed by atoms with Crippen molar-refractivity contribution in [1.29, 1.82) is 0 Å². The van der Waals surface area contributed by atoms with Gasteiger partial charge in [0.05, 0.1) is 5.69 Å². The van der Waals surface area contributed by atoms with E-state index in [2.05, 4.69) is 17.2 Å². The number of amides is 1. The van der Waals surface area contributed by atoms with Crippen molar-refractivity contribution in [2.24, 2.45) is 0 Å². The third-order valence-electron chi connectivity index (χ3n) is 2.44. The summed E-state index contributed by atoms with van der Waals surface area (Å²) >= 11 is 0. The first-order chi connectivity index (χ1) is 9.11. The Bertz CT molecular complexity index is 470. The average Bonchev–Trinajstić information content (AvgIpc) is 2.37. The van der Waals surface area contributed by atoms with Gasteiger partial charge >= 0.3 is 5.97 Å². The zero-order valence-electron chi connectivity index (χ0n) is 10.9. The molecule has 1 heterocycles. The predicted octanol–water partition coefficient (Wildman–Crippen LogP) is 2.70. The number of hydrogen-bond donors (Lipinski definition) is 2. The molecule has 0 unspecified atom stereocenters. The minimum Gasteiger partial charge on any atom is -0.478 e. The monoisotopic (exact) mass is 262 g/mol. The quantitative estimate of drug-likeness (QED) is 0.585. The Morgan fingerprint density at radius 3 is 2.84 bits per heavy atom. The summed E-state index contributed by atoms with van der Waals surface area (Å²) in [4.78, 5) is 26.1. The molecule has 0 saturated carbocycles. The Labute approximate surface area is 112 Å². The van der Waals surface area contributed by atoms with Crippen molar-refractivity contribution in [2.75, 3.05) is 5.32 Å². The first-order valence-electron chi connectivity index (χ1n) is 6.29. The highest BCUT2D eigenvalue weighted by molar-refractivity contribution is 5.90. The summed E-state index contributed by atoms with van der Waals surface area (Å²) < 4.78 is 0. The van der Waals surface area contributed by atoms with E-state index >= 15 is 0 Å². The van der Waals surface area contributed by atoms with Crippen molar-refractivity contribution in [3.63, 3.8) is 0 Å². The van der Waals surface area contributed by atoms with Gasteiger partial charge in [-0.1, -0.05) is 25.8 Å². The van der Waals surface area contributed by atoms with Gasteiger partial charge in [-0.2, -0.15) is 0 Å². The van der Waals surface area contributed by atoms with Crippen LogP contribution in [-0.2, 0) is 9.59 Å². The van der Waals surface area contributed by atoms with Crippen LogP contribution in [-0.4, -0.2) is 22.0 Å². The summed E-state index contributed by atoms with van der Waals surface area (Å²) in [6, 6.07) is 5.07. The van der Waals surface area contributed by atoms with Crippen molar-refractivity contribution in [3.8, 4) is 0 Å². The van der Waals surface area contributed by atoms with Crippen LogP contribution in [0.2, 0.25) is 0 Å². The van der Waals surface area contributed by atoms with Crippen LogP contribution in [0, 0.1) is 0 Å². The second kappa shape index (κ2) is 8.02. The number of pyridine rings is 1. The van der Waals surface area contributed by atoms with Gasteiger partial charge in [-0.25, -0.2) is 9.78 Å². The van der Waals surface area contributed by atoms with Gasteiger partial charge < -0.3 is 10.4 Å². The van der Waals surface area contributed by atoms with Gasteiger partial charge in [-0.3, -0.25) is 4.79 Å². The molecule has 1 aromatic rings. The molecule has 0 aliphatic carbocycles. The van der Waals surface area contributed by atoms with Crippen LogP contribution in [0.3, 0.4) is 0 Å². The van der Waals surface area contributed by atoms with E-state index in [0.29, 0.717) is 17.9 Å². The minimum atomic E-state index is -1.03. The van der Waals surface area contributed by atoms with Crippen LogP contribution in [0.1, 0.15) is 38.3 Å². The Morgan fingerprint density at radius 2 is 2.16 bits per heavy atom. The van der Waals surface area contributed by atoms with E-state index < -0.39 is 5.97 Å². The molecule has 0 saturated heterocycles. The zero-order valence-corrected chi connectivity index (χ0v) is 10.9. The van der Waals surface area contributed by atoms with Crippen LogP contribution < -0.4 is 5.32 Å². The maximum atomic E-state index is 11.6. The molecule has 1 rings (SSSR count). The molecule has 0 aromatic carbocycles. The van der Waals surface area contributed by atoms with Crippen molar-refractivity contribution in [2.45, 2.75) is 32.6 Å². The van der Waals surface area contributed by atoms with Crippen molar-refractivity contribution in [3.05, 3.63) is 30.0 Å². The molecule has 0 atom stereocenters. The van der Waals surface area contributed by atoms with Crippen LogP contribution >= 0.6 is 0 Å². The van der Waals surface area contributed by atoms with Crippen LogP contribution in [0.15, 0.2) is 24.3 Å². The fraction of sp³-hybridized carbons (Fsp3) is 0.357. The van der Waals surface area contributed by atoms with Gasteiger partial charge in [-0.15, -0.1) is 0 Å². The van der Waals surface area contributed by atoms with Gasteiger partial charge in [0.15, 0.2) is 0 Å². The van der Waals surface area contributed by atoms with Gasteiger partial charge in [0, 0.05) is 12.5 Å². The Balaban J connectivity index is 2.56. The molecule has 1 amide bonds. The van der Waals surface area contributed by atoms with Crippen LogP contribution in [0.5, 0.6) is 0 Å². The summed E-state index contributed by atoms with van der Waals surface area (Å²) in [7, 11) is 0. The third-order valence-corrected chi connectivity index (χ3v) is 2.44. The second-order valence-corrected chi connectivity index (χ2v) is 4.12. The molecule has 5 heteroatoms. The van der Waals surface area contributed by atoms with E-state index in [1.165, 1.54) is 6.08 Å². The number of carboxylic acid groups (broad SMARTS) is 1. The number of rotatable bonds is 7. The highest BCUT2D eigenvalue weighted by atomic mass is 16.4. The summed E-state index contributed by atoms with van der Waals surface area (Å²) in [5, 5.41) is 11.2. The third kappa shape index (κ3) is 6.35. The molecule has 19 heavy (non-hydrogen) atoms. The molecule has 0 aliphatic rings. The lowest BCUT2D eigenvalue weighted by Crippen LogP contribution is -2.12. The SMILES string of the molecule is CCCCCC(=O)Nc1cccc(/C=C/C(=O)O)n1. The number of unbranched alkanes of at least 4 members (excludes halogenated alkanes) is 2. The Kier molecular flexibility index (Phi) is 6.29. The summed E-state index contributed by atoms with van der Waals surface area (Å²) in [5.74, 6) is -0.662. The first kappa shape index (κ1) is 14.9. The van der Waals surface area contributed by atoms with Crippen LogP contribution in [0.25, 0.3) is 6.08 Å². The van der Waals surface area contributed by atoms with Crippen molar-refractivity contribution in [1.82, 2.24) is 4.98 Å². The number of nitrogens with one attached hydrogen (secondary N) is 1. The fourth-order valence-corrected chi connectivity index (χ4v) is 1.51. The molecule has 2 N–H and O–H groups in total. The molecule has 1 aromatic heterocycles. The van der Waals surface area contributed by atoms with E-state index in [1.54, 1.807) is 18.2 Å². The largest absolute Gasteiger partial charge is 0.478 e. The lowest BCUT2D eigenvalue weighted by molar-refractivity contribution is -0.131. The summed E-state index contributed by atoms with van der Waals surface area (Å²) in [6.45, 7) is 2.08. The summed E-state index contributed by atoms with van der Waals surface area (Å²) in [6.07, 6.45) is 5.83. The highest BCUT2D eigenvalue weighted by Gasteiger charge is 2.03. The number of aliphatic carboxylic acids is 1. The second-order valence-electron chi connectivity index (χ2n) is 4.12. The van der Waals surface area contributed by atoms with Crippen molar-refractivity contribution >= 4 is 23.8 Å². The molecular formula is C14H18N2O3. The summed E-state index contributed by atoms with van der Waals surface area (Å²) in [5.41, 5.74) is 0.494. The van der Waals surface area contributed by atoms with E-state index in [0.717, 1.165) is 25.3 Å². The van der Waals surface area contributed by atoms with E-state index in [-0.39, 0.29) is 5.91 Å². The maximum absolute atomic E-state index is 11.6. The molecule has 0 spiro atoms. The van der Waals surface area contributed by atoms with Gasteiger partial charge in [0.2, 0.25) is 5.91 Å². The number of carbonyl (C=O) groups excluding carboxylic acids is 1. The molecule has 5 nitrogen and oxygen atoms in total.